The number of nitrogens with two attached hydrogens (primary N) is 3. The zero-order valence-corrected chi connectivity index (χ0v) is 10.8. The van der Waals surface area contributed by atoms with Gasteiger partial charge in [0.1, 0.15) is 4.90 Å². The van der Waals surface area contributed by atoms with Crippen LogP contribution in [0.1, 0.15) is 6.92 Å². The van der Waals surface area contributed by atoms with Crippen molar-refractivity contribution in [2.75, 3.05) is 23.7 Å². The van der Waals surface area contributed by atoms with Gasteiger partial charge in [-0.25, -0.2) is 13.6 Å². The van der Waals surface area contributed by atoms with Crippen LogP contribution in [0.15, 0.2) is 23.1 Å². The maximum atomic E-state index is 11.5. The highest BCUT2D eigenvalue weighted by atomic mass is 32.2. The van der Waals surface area contributed by atoms with Crippen LogP contribution in [0.4, 0.5) is 11.4 Å². The number of benzene rings is 1. The SMILES string of the molecule is CCN(CC(N)=O)c1ccc(N)cc1S(N)(=O)=O. The van der Waals surface area contributed by atoms with Crippen molar-refractivity contribution >= 4 is 27.3 Å². The standard InChI is InChI=1S/C10H16N4O3S/c1-2-14(6-10(12)15)8-4-3-7(11)5-9(8)18(13,16)17/h3-5H,2,6,11H2,1H3,(H2,12,15)(H2,13,16,17). The summed E-state index contributed by atoms with van der Waals surface area (Å²) in [6.45, 7) is 2.09. The molecule has 0 heterocycles. The molecule has 8 heteroatoms. The van der Waals surface area contributed by atoms with Crippen molar-refractivity contribution < 1.29 is 13.2 Å². The number of sulfonamides is 1. The number of hydrogen-bond donors (Lipinski definition) is 3. The Morgan fingerprint density at radius 2 is 2.00 bits per heavy atom. The Balaban J connectivity index is 3.34. The highest BCUT2D eigenvalue weighted by molar-refractivity contribution is 7.89. The van der Waals surface area contributed by atoms with Crippen LogP contribution in [-0.4, -0.2) is 27.4 Å². The Morgan fingerprint density at radius 3 is 2.44 bits per heavy atom. The van der Waals surface area contributed by atoms with E-state index < -0.39 is 15.9 Å². The van der Waals surface area contributed by atoms with Gasteiger partial charge in [0.25, 0.3) is 0 Å². The molecule has 1 amide bonds. The average Bonchev–Trinajstić information content (AvgIpc) is 2.24. The number of carbonyl (C=O) groups is 1. The molecule has 0 aromatic heterocycles. The number of nitrogens with zero attached hydrogens (tertiary/aromatic N) is 1. The quantitative estimate of drug-likeness (QED) is 0.605. The molecule has 0 fully saturated rings. The fraction of sp³-hybridized carbons (Fsp3) is 0.300. The summed E-state index contributed by atoms with van der Waals surface area (Å²) in [4.78, 5) is 12.3. The lowest BCUT2D eigenvalue weighted by molar-refractivity contribution is -0.116. The summed E-state index contributed by atoms with van der Waals surface area (Å²) < 4.78 is 23.0. The fourth-order valence-corrected chi connectivity index (χ4v) is 2.36. The molecule has 0 aliphatic heterocycles. The van der Waals surface area contributed by atoms with E-state index in [0.717, 1.165) is 0 Å². The number of primary sulfonamides is 1. The minimum atomic E-state index is -3.92. The number of anilines is 2. The summed E-state index contributed by atoms with van der Waals surface area (Å²) >= 11 is 0. The monoisotopic (exact) mass is 272 g/mol. The van der Waals surface area contributed by atoms with E-state index >= 15 is 0 Å². The van der Waals surface area contributed by atoms with Crippen molar-refractivity contribution in [2.24, 2.45) is 10.9 Å². The topological polar surface area (TPSA) is 133 Å². The van der Waals surface area contributed by atoms with E-state index in [1.54, 1.807) is 6.92 Å². The minimum Gasteiger partial charge on any atom is -0.399 e. The Hall–Kier alpha value is -1.80. The molecule has 0 atom stereocenters. The Kier molecular flexibility index (Phi) is 4.15. The normalized spacial score (nSPS) is 11.2. The van der Waals surface area contributed by atoms with E-state index in [1.807, 2.05) is 0 Å². The highest BCUT2D eigenvalue weighted by Crippen LogP contribution is 2.26. The Bertz CT molecular complexity index is 556. The molecule has 0 spiro atoms. The van der Waals surface area contributed by atoms with Crippen LogP contribution in [0.25, 0.3) is 0 Å². The van der Waals surface area contributed by atoms with Crippen LogP contribution >= 0.6 is 0 Å². The molecule has 0 saturated carbocycles. The summed E-state index contributed by atoms with van der Waals surface area (Å²) in [7, 11) is -3.92. The van der Waals surface area contributed by atoms with Gasteiger partial charge < -0.3 is 16.4 Å². The zero-order chi connectivity index (χ0) is 13.9. The van der Waals surface area contributed by atoms with Gasteiger partial charge in [-0.15, -0.1) is 0 Å². The molecule has 1 aromatic carbocycles. The van der Waals surface area contributed by atoms with Crippen molar-refractivity contribution in [3.05, 3.63) is 18.2 Å². The number of amides is 1. The summed E-state index contributed by atoms with van der Waals surface area (Å²) in [5.41, 5.74) is 11.2. The van der Waals surface area contributed by atoms with E-state index in [9.17, 15) is 13.2 Å². The van der Waals surface area contributed by atoms with Gasteiger partial charge in [0.15, 0.2) is 0 Å². The van der Waals surface area contributed by atoms with Crippen molar-refractivity contribution in [1.82, 2.24) is 0 Å². The highest BCUT2D eigenvalue weighted by Gasteiger charge is 2.19. The summed E-state index contributed by atoms with van der Waals surface area (Å²) in [5.74, 6) is -0.561. The van der Waals surface area contributed by atoms with E-state index in [0.29, 0.717) is 12.2 Å². The number of hydrogen-bond acceptors (Lipinski definition) is 5. The molecule has 0 aliphatic carbocycles. The van der Waals surface area contributed by atoms with Crippen LogP contribution in [-0.2, 0) is 14.8 Å². The molecule has 0 saturated heterocycles. The second-order valence-electron chi connectivity index (χ2n) is 3.75. The van der Waals surface area contributed by atoms with Gasteiger partial charge in [-0.05, 0) is 25.1 Å². The van der Waals surface area contributed by atoms with Crippen molar-refractivity contribution in [1.29, 1.82) is 0 Å². The first-order valence-electron chi connectivity index (χ1n) is 5.21. The fourth-order valence-electron chi connectivity index (χ4n) is 1.58. The number of nitrogen functional groups attached to an aromatic ring is 1. The molecule has 18 heavy (non-hydrogen) atoms. The lowest BCUT2D eigenvalue weighted by Gasteiger charge is -2.23. The number of carbonyl (C=O) groups excluding carboxylic acids is 1. The van der Waals surface area contributed by atoms with Crippen molar-refractivity contribution in [2.45, 2.75) is 11.8 Å². The molecule has 1 aromatic rings. The molecular formula is C10H16N4O3S. The third-order valence-electron chi connectivity index (χ3n) is 2.36. The predicted octanol–water partition coefficient (Wildman–Crippen LogP) is -0.772. The number of likely N-dealkylation sites (N-methyl/N-ethyl adjacent to an activating group) is 1. The molecule has 1 rings (SSSR count). The van der Waals surface area contributed by atoms with Gasteiger partial charge in [-0.2, -0.15) is 0 Å². The first kappa shape index (κ1) is 14.3. The Labute approximate surface area is 106 Å². The predicted molar refractivity (Wildman–Crippen MR) is 69.3 cm³/mol. The third-order valence-corrected chi connectivity index (χ3v) is 3.30. The third kappa shape index (κ3) is 3.34. The van der Waals surface area contributed by atoms with Gasteiger partial charge in [0, 0.05) is 12.2 Å². The molecule has 0 unspecified atom stereocenters. The maximum Gasteiger partial charge on any atom is 0.240 e. The maximum absolute atomic E-state index is 11.5. The summed E-state index contributed by atoms with van der Waals surface area (Å²) in [5, 5.41) is 5.12. The number of rotatable bonds is 5. The summed E-state index contributed by atoms with van der Waals surface area (Å²) in [6.07, 6.45) is 0. The Morgan fingerprint density at radius 1 is 1.39 bits per heavy atom. The van der Waals surface area contributed by atoms with E-state index in [-0.39, 0.29) is 17.1 Å². The van der Waals surface area contributed by atoms with Gasteiger partial charge >= 0.3 is 0 Å². The molecule has 6 N–H and O–H groups in total. The molecular weight excluding hydrogens is 256 g/mol. The number of primary amides is 1. The van der Waals surface area contributed by atoms with Crippen LogP contribution in [0.5, 0.6) is 0 Å². The van der Waals surface area contributed by atoms with Crippen molar-refractivity contribution in [3.8, 4) is 0 Å². The molecule has 100 valence electrons. The van der Waals surface area contributed by atoms with Gasteiger partial charge in [-0.1, -0.05) is 0 Å². The molecule has 0 aliphatic rings. The second-order valence-corrected chi connectivity index (χ2v) is 5.28. The van der Waals surface area contributed by atoms with Crippen LogP contribution in [0.2, 0.25) is 0 Å². The largest absolute Gasteiger partial charge is 0.399 e. The van der Waals surface area contributed by atoms with Crippen molar-refractivity contribution in [3.63, 3.8) is 0 Å². The van der Waals surface area contributed by atoms with Crippen LogP contribution < -0.4 is 21.5 Å². The molecule has 0 radical (unpaired) electrons. The van der Waals surface area contributed by atoms with Gasteiger partial charge in [-0.3, -0.25) is 4.79 Å². The minimum absolute atomic E-state index is 0.0943. The van der Waals surface area contributed by atoms with Crippen LogP contribution in [0.3, 0.4) is 0 Å². The molecule has 0 bridgehead atoms. The summed E-state index contributed by atoms with van der Waals surface area (Å²) in [6, 6.07) is 4.30. The van der Waals surface area contributed by atoms with E-state index in [1.165, 1.54) is 23.1 Å². The lowest BCUT2D eigenvalue weighted by Crippen LogP contribution is -2.34. The lowest BCUT2D eigenvalue weighted by atomic mass is 10.2. The van der Waals surface area contributed by atoms with E-state index in [2.05, 4.69) is 0 Å². The first-order valence-corrected chi connectivity index (χ1v) is 6.76. The zero-order valence-electron chi connectivity index (χ0n) is 9.96. The van der Waals surface area contributed by atoms with Gasteiger partial charge in [0.05, 0.1) is 12.2 Å². The average molecular weight is 272 g/mol. The van der Waals surface area contributed by atoms with Crippen LogP contribution in [0, 0.1) is 0 Å². The van der Waals surface area contributed by atoms with E-state index in [4.69, 9.17) is 16.6 Å². The smallest absolute Gasteiger partial charge is 0.240 e. The molecule has 7 nitrogen and oxygen atoms in total. The second kappa shape index (κ2) is 5.23. The first-order chi connectivity index (χ1) is 8.25. The van der Waals surface area contributed by atoms with Gasteiger partial charge in [0.2, 0.25) is 15.9 Å².